The number of nitrogens with zero attached hydrogens (tertiary/aromatic N) is 2. The Morgan fingerprint density at radius 2 is 2.18 bits per heavy atom. The summed E-state index contributed by atoms with van der Waals surface area (Å²) in [7, 11) is 0. The molecule has 3 rings (SSSR count). The molecule has 5 nitrogen and oxygen atoms in total. The van der Waals surface area contributed by atoms with Crippen LogP contribution in [0.2, 0.25) is 5.02 Å². The maximum Gasteiger partial charge on any atom is 0.342 e. The number of rotatable bonds is 3. The zero-order chi connectivity index (χ0) is 15.7. The van der Waals surface area contributed by atoms with Gasteiger partial charge in [-0.2, -0.15) is 5.10 Å². The van der Waals surface area contributed by atoms with Gasteiger partial charge in [0, 0.05) is 11.2 Å². The molecule has 0 saturated carbocycles. The number of phenols is 1. The molecule has 0 atom stereocenters. The van der Waals surface area contributed by atoms with E-state index in [1.54, 1.807) is 16.8 Å². The fourth-order valence-electron chi connectivity index (χ4n) is 2.00. The van der Waals surface area contributed by atoms with E-state index in [1.807, 2.05) is 18.2 Å². The van der Waals surface area contributed by atoms with Gasteiger partial charge in [-0.15, -0.1) is 0 Å². The maximum atomic E-state index is 13.3. The fourth-order valence-corrected chi connectivity index (χ4v) is 2.21. The number of hydrogen-bond acceptors (Lipinski definition) is 4. The highest BCUT2D eigenvalue weighted by Gasteiger charge is 2.18. The van der Waals surface area contributed by atoms with Crippen LogP contribution in [0.25, 0.3) is 5.52 Å². The first-order chi connectivity index (χ1) is 10.5. The molecule has 2 heterocycles. The number of pyridine rings is 1. The van der Waals surface area contributed by atoms with Gasteiger partial charge in [0.1, 0.15) is 17.9 Å². The third kappa shape index (κ3) is 2.73. The van der Waals surface area contributed by atoms with Crippen molar-refractivity contribution < 1.29 is 19.0 Å². The number of fused-ring (bicyclic) bond motifs is 1. The summed E-state index contributed by atoms with van der Waals surface area (Å²) in [5.74, 6) is -2.65. The Labute approximate surface area is 129 Å². The molecule has 0 bridgehead atoms. The van der Waals surface area contributed by atoms with E-state index in [0.29, 0.717) is 5.69 Å². The topological polar surface area (TPSA) is 63.8 Å². The molecule has 0 amide bonds. The van der Waals surface area contributed by atoms with Gasteiger partial charge in [0.2, 0.25) is 0 Å². The van der Waals surface area contributed by atoms with E-state index in [2.05, 4.69) is 5.10 Å². The number of benzene rings is 1. The molecule has 0 aliphatic carbocycles. The summed E-state index contributed by atoms with van der Waals surface area (Å²) in [6.07, 6.45) is 1.76. The van der Waals surface area contributed by atoms with Gasteiger partial charge in [0.15, 0.2) is 11.6 Å². The molecule has 1 N–H and O–H groups in total. The van der Waals surface area contributed by atoms with Gasteiger partial charge >= 0.3 is 5.97 Å². The second-order valence-electron chi connectivity index (χ2n) is 4.57. The zero-order valence-electron chi connectivity index (χ0n) is 11.2. The quantitative estimate of drug-likeness (QED) is 0.753. The summed E-state index contributed by atoms with van der Waals surface area (Å²) in [5.41, 5.74) is 1.06. The minimum atomic E-state index is -0.979. The number of phenolic OH excluding ortho intramolecular Hbond substituents is 1. The third-order valence-electron chi connectivity index (χ3n) is 3.02. The van der Waals surface area contributed by atoms with Crippen molar-refractivity contribution in [1.82, 2.24) is 9.61 Å². The van der Waals surface area contributed by atoms with Crippen LogP contribution in [-0.2, 0) is 11.3 Å². The first-order valence-electron chi connectivity index (χ1n) is 6.33. The molecule has 0 radical (unpaired) electrons. The number of esters is 1. The van der Waals surface area contributed by atoms with Crippen LogP contribution in [0, 0.1) is 5.82 Å². The van der Waals surface area contributed by atoms with E-state index >= 15 is 0 Å². The normalized spacial score (nSPS) is 10.8. The largest absolute Gasteiger partial charge is 0.504 e. The Kier molecular flexibility index (Phi) is 3.68. The minimum absolute atomic E-state index is 0.00465. The van der Waals surface area contributed by atoms with Gasteiger partial charge in [0.05, 0.1) is 5.52 Å². The van der Waals surface area contributed by atoms with Crippen LogP contribution in [0.5, 0.6) is 5.75 Å². The molecule has 7 heteroatoms. The summed E-state index contributed by atoms with van der Waals surface area (Å²) in [6.45, 7) is -0.103. The number of ether oxygens (including phenoxy) is 1. The number of aromatic nitrogens is 2. The smallest absolute Gasteiger partial charge is 0.342 e. The molecule has 0 spiro atoms. The van der Waals surface area contributed by atoms with Crippen molar-refractivity contribution in [3.05, 3.63) is 64.7 Å². The van der Waals surface area contributed by atoms with Crippen molar-refractivity contribution >= 4 is 23.1 Å². The molecule has 1 aromatic carbocycles. The molecule has 0 unspecified atom stereocenters. The Hall–Kier alpha value is -2.60. The predicted octanol–water partition coefficient (Wildman–Crippen LogP) is 3.19. The van der Waals surface area contributed by atoms with Crippen LogP contribution < -0.4 is 0 Å². The summed E-state index contributed by atoms with van der Waals surface area (Å²) < 4.78 is 20.0. The van der Waals surface area contributed by atoms with Gasteiger partial charge in [-0.25, -0.2) is 13.7 Å². The Balaban J connectivity index is 1.77. The lowest BCUT2D eigenvalue weighted by molar-refractivity contribution is 0.0463. The summed E-state index contributed by atoms with van der Waals surface area (Å²) >= 11 is 5.66. The average Bonchev–Trinajstić information content (AvgIpc) is 2.91. The van der Waals surface area contributed by atoms with E-state index in [1.165, 1.54) is 0 Å². The lowest BCUT2D eigenvalue weighted by Crippen LogP contribution is -2.07. The van der Waals surface area contributed by atoms with Crippen LogP contribution in [-0.4, -0.2) is 20.7 Å². The van der Waals surface area contributed by atoms with E-state index < -0.39 is 17.5 Å². The van der Waals surface area contributed by atoms with Crippen LogP contribution >= 0.6 is 11.6 Å². The van der Waals surface area contributed by atoms with Gasteiger partial charge in [0.25, 0.3) is 0 Å². The second-order valence-corrected chi connectivity index (χ2v) is 5.00. The van der Waals surface area contributed by atoms with Crippen molar-refractivity contribution in [2.75, 3.05) is 0 Å². The predicted molar refractivity (Wildman–Crippen MR) is 77.4 cm³/mol. The monoisotopic (exact) mass is 320 g/mol. The van der Waals surface area contributed by atoms with Crippen molar-refractivity contribution in [3.8, 4) is 5.75 Å². The number of carbonyl (C=O) groups is 1. The molecule has 112 valence electrons. The van der Waals surface area contributed by atoms with Gasteiger partial charge in [-0.1, -0.05) is 17.7 Å². The molecule has 22 heavy (non-hydrogen) atoms. The van der Waals surface area contributed by atoms with Crippen molar-refractivity contribution in [2.45, 2.75) is 6.61 Å². The minimum Gasteiger partial charge on any atom is -0.504 e. The molecule has 0 aliphatic heterocycles. The fraction of sp³-hybridized carbons (Fsp3) is 0.0667. The highest BCUT2D eigenvalue weighted by Crippen LogP contribution is 2.26. The first kappa shape index (κ1) is 14.3. The van der Waals surface area contributed by atoms with E-state index in [4.69, 9.17) is 16.3 Å². The Morgan fingerprint density at radius 3 is 2.95 bits per heavy atom. The highest BCUT2D eigenvalue weighted by atomic mass is 35.5. The number of carbonyl (C=O) groups excluding carboxylic acids is 1. The molecular formula is C15H10ClFN2O3. The maximum absolute atomic E-state index is 13.3. The highest BCUT2D eigenvalue weighted by molar-refractivity contribution is 6.31. The number of hydrogen-bond donors (Lipinski definition) is 1. The third-order valence-corrected chi connectivity index (χ3v) is 3.24. The van der Waals surface area contributed by atoms with Gasteiger partial charge < -0.3 is 9.84 Å². The van der Waals surface area contributed by atoms with Gasteiger partial charge in [-0.3, -0.25) is 0 Å². The second kappa shape index (κ2) is 5.65. The van der Waals surface area contributed by atoms with E-state index in [-0.39, 0.29) is 17.2 Å². The van der Waals surface area contributed by atoms with E-state index in [0.717, 1.165) is 17.6 Å². The van der Waals surface area contributed by atoms with Gasteiger partial charge in [-0.05, 0) is 30.3 Å². The zero-order valence-corrected chi connectivity index (χ0v) is 11.9. The summed E-state index contributed by atoms with van der Waals surface area (Å²) in [5, 5.41) is 13.8. The van der Waals surface area contributed by atoms with Crippen LogP contribution in [0.4, 0.5) is 4.39 Å². The van der Waals surface area contributed by atoms with E-state index in [9.17, 15) is 14.3 Å². The molecule has 0 aliphatic rings. The molecular weight excluding hydrogens is 311 g/mol. The number of halogens is 2. The molecule has 2 aromatic heterocycles. The van der Waals surface area contributed by atoms with Crippen molar-refractivity contribution in [2.24, 2.45) is 0 Å². The molecule has 0 saturated heterocycles. The Bertz CT molecular complexity index is 830. The van der Waals surface area contributed by atoms with Crippen molar-refractivity contribution in [3.63, 3.8) is 0 Å². The molecule has 3 aromatic rings. The Morgan fingerprint density at radius 1 is 1.36 bits per heavy atom. The van der Waals surface area contributed by atoms with Crippen LogP contribution in [0.1, 0.15) is 16.1 Å². The first-order valence-corrected chi connectivity index (χ1v) is 6.71. The lowest BCUT2D eigenvalue weighted by Gasteiger charge is -2.06. The number of aromatic hydroxyl groups is 1. The summed E-state index contributed by atoms with van der Waals surface area (Å²) in [4.78, 5) is 11.9. The lowest BCUT2D eigenvalue weighted by atomic mass is 10.2. The van der Waals surface area contributed by atoms with Crippen LogP contribution in [0.3, 0.4) is 0 Å². The summed E-state index contributed by atoms with van der Waals surface area (Å²) in [6, 6.07) is 9.35. The molecule has 0 fully saturated rings. The van der Waals surface area contributed by atoms with Crippen LogP contribution in [0.15, 0.2) is 42.6 Å². The standard InChI is InChI=1S/C15H10ClFN2O3/c16-9-5-12(14(20)13(17)6-9)15(21)22-8-10-7-11-3-1-2-4-19(11)18-10/h1-7,20H,8H2. The van der Waals surface area contributed by atoms with Crippen molar-refractivity contribution in [1.29, 1.82) is 0 Å². The average molecular weight is 321 g/mol. The SMILES string of the molecule is O=C(OCc1cc2ccccn2n1)c1cc(Cl)cc(F)c1O.